The van der Waals surface area contributed by atoms with Gasteiger partial charge >= 0.3 is 0 Å². The number of anilines is 1. The highest BCUT2D eigenvalue weighted by molar-refractivity contribution is 5.57. The number of benzene rings is 2. The molecule has 1 aliphatic heterocycles. The van der Waals surface area contributed by atoms with E-state index in [1.807, 2.05) is 6.08 Å². The van der Waals surface area contributed by atoms with Gasteiger partial charge < -0.3 is 4.90 Å². The van der Waals surface area contributed by atoms with E-state index in [9.17, 15) is 0 Å². The van der Waals surface area contributed by atoms with Gasteiger partial charge in [0.25, 0.3) is 0 Å². The van der Waals surface area contributed by atoms with Crippen molar-refractivity contribution in [3.05, 3.63) is 90.0 Å². The van der Waals surface area contributed by atoms with Crippen molar-refractivity contribution in [1.29, 1.82) is 0 Å². The first-order chi connectivity index (χ1) is 9.86. The van der Waals surface area contributed by atoms with Gasteiger partial charge in [-0.25, -0.2) is 0 Å². The van der Waals surface area contributed by atoms with Crippen molar-refractivity contribution in [3.63, 3.8) is 0 Å². The molecule has 0 spiro atoms. The van der Waals surface area contributed by atoms with Gasteiger partial charge in [0, 0.05) is 18.8 Å². The van der Waals surface area contributed by atoms with Crippen LogP contribution >= 0.6 is 0 Å². The SMILES string of the molecule is C=CC1=CCc2ccccc2N(Cc2ccccc2)C1. The summed E-state index contributed by atoms with van der Waals surface area (Å²) in [4.78, 5) is 2.44. The van der Waals surface area contributed by atoms with Crippen LogP contribution in [0.5, 0.6) is 0 Å². The molecule has 20 heavy (non-hydrogen) atoms. The second-order valence-corrected chi connectivity index (χ2v) is 5.16. The Hall–Kier alpha value is -2.28. The highest BCUT2D eigenvalue weighted by Gasteiger charge is 2.15. The molecule has 0 amide bonds. The minimum absolute atomic E-state index is 0.926. The van der Waals surface area contributed by atoms with Gasteiger partial charge in [0.15, 0.2) is 0 Å². The molecule has 0 fully saturated rings. The van der Waals surface area contributed by atoms with E-state index in [0.29, 0.717) is 0 Å². The maximum atomic E-state index is 3.94. The van der Waals surface area contributed by atoms with Gasteiger partial charge in [-0.3, -0.25) is 0 Å². The molecule has 1 aliphatic rings. The zero-order chi connectivity index (χ0) is 13.8. The van der Waals surface area contributed by atoms with Crippen LogP contribution in [0.25, 0.3) is 0 Å². The number of hydrogen-bond donors (Lipinski definition) is 0. The molecule has 1 heteroatoms. The summed E-state index contributed by atoms with van der Waals surface area (Å²) in [7, 11) is 0. The lowest BCUT2D eigenvalue weighted by Crippen LogP contribution is -2.24. The predicted octanol–water partition coefficient (Wildman–Crippen LogP) is 4.36. The number of rotatable bonds is 3. The molecule has 0 bridgehead atoms. The average Bonchev–Trinajstić information content (AvgIpc) is 2.68. The van der Waals surface area contributed by atoms with Crippen molar-refractivity contribution in [2.24, 2.45) is 0 Å². The van der Waals surface area contributed by atoms with Crippen LogP contribution in [-0.2, 0) is 13.0 Å². The van der Waals surface area contributed by atoms with E-state index in [0.717, 1.165) is 19.5 Å². The summed E-state index contributed by atoms with van der Waals surface area (Å²) in [5.74, 6) is 0. The maximum absolute atomic E-state index is 3.94. The molecule has 1 nitrogen and oxygen atoms in total. The minimum atomic E-state index is 0.926. The zero-order valence-electron chi connectivity index (χ0n) is 11.6. The standard InChI is InChI=1S/C19H19N/c1-2-16-12-13-18-10-6-7-11-19(18)20(14-16)15-17-8-4-3-5-9-17/h2-12H,1,13-15H2. The van der Waals surface area contributed by atoms with Crippen molar-refractivity contribution in [2.75, 3.05) is 11.4 Å². The Morgan fingerprint density at radius 3 is 2.55 bits per heavy atom. The van der Waals surface area contributed by atoms with Crippen LogP contribution in [0, 0.1) is 0 Å². The van der Waals surface area contributed by atoms with Crippen LogP contribution in [0.2, 0.25) is 0 Å². The van der Waals surface area contributed by atoms with E-state index in [-0.39, 0.29) is 0 Å². The van der Waals surface area contributed by atoms with Crippen LogP contribution in [0.3, 0.4) is 0 Å². The van der Waals surface area contributed by atoms with E-state index < -0.39 is 0 Å². The smallest absolute Gasteiger partial charge is 0.0433 e. The highest BCUT2D eigenvalue weighted by atomic mass is 15.1. The molecule has 0 atom stereocenters. The first-order valence-corrected chi connectivity index (χ1v) is 7.05. The fourth-order valence-corrected chi connectivity index (χ4v) is 2.70. The van der Waals surface area contributed by atoms with Gasteiger partial charge in [-0.05, 0) is 29.2 Å². The summed E-state index contributed by atoms with van der Waals surface area (Å²) in [6.45, 7) is 5.79. The lowest BCUT2D eigenvalue weighted by Gasteiger charge is -2.26. The van der Waals surface area contributed by atoms with Gasteiger partial charge in [-0.1, -0.05) is 67.3 Å². The van der Waals surface area contributed by atoms with E-state index in [4.69, 9.17) is 0 Å². The molecule has 0 unspecified atom stereocenters. The van der Waals surface area contributed by atoms with Crippen molar-refractivity contribution < 1.29 is 0 Å². The van der Waals surface area contributed by atoms with Crippen LogP contribution < -0.4 is 4.90 Å². The normalized spacial score (nSPS) is 14.2. The molecular weight excluding hydrogens is 242 g/mol. The van der Waals surface area contributed by atoms with Gasteiger partial charge in [0.2, 0.25) is 0 Å². The fraction of sp³-hybridized carbons (Fsp3) is 0.158. The third-order valence-electron chi connectivity index (χ3n) is 3.77. The number of nitrogens with zero attached hydrogens (tertiary/aromatic N) is 1. The first-order valence-electron chi connectivity index (χ1n) is 7.05. The maximum Gasteiger partial charge on any atom is 0.0433 e. The molecule has 0 saturated heterocycles. The van der Waals surface area contributed by atoms with Crippen molar-refractivity contribution in [3.8, 4) is 0 Å². The lowest BCUT2D eigenvalue weighted by atomic mass is 10.1. The molecule has 0 N–H and O–H groups in total. The molecule has 2 aromatic rings. The molecule has 2 aromatic carbocycles. The summed E-state index contributed by atoms with van der Waals surface area (Å²) >= 11 is 0. The third-order valence-corrected chi connectivity index (χ3v) is 3.77. The Morgan fingerprint density at radius 1 is 1.00 bits per heavy atom. The van der Waals surface area contributed by atoms with E-state index >= 15 is 0 Å². The molecule has 100 valence electrons. The van der Waals surface area contributed by atoms with E-state index in [2.05, 4.69) is 72.2 Å². The van der Waals surface area contributed by atoms with Crippen LogP contribution in [0.1, 0.15) is 11.1 Å². The van der Waals surface area contributed by atoms with Crippen molar-refractivity contribution >= 4 is 5.69 Å². The molecule has 0 aliphatic carbocycles. The summed E-state index contributed by atoms with van der Waals surface area (Å²) in [6.07, 6.45) is 5.25. The highest BCUT2D eigenvalue weighted by Crippen LogP contribution is 2.27. The second-order valence-electron chi connectivity index (χ2n) is 5.16. The monoisotopic (exact) mass is 261 g/mol. The van der Waals surface area contributed by atoms with Crippen LogP contribution in [0.15, 0.2) is 78.9 Å². The number of fused-ring (bicyclic) bond motifs is 1. The topological polar surface area (TPSA) is 3.24 Å². The second kappa shape index (κ2) is 5.79. The summed E-state index contributed by atoms with van der Waals surface area (Å²) in [5.41, 5.74) is 5.37. The Morgan fingerprint density at radius 2 is 1.75 bits per heavy atom. The zero-order valence-corrected chi connectivity index (χ0v) is 11.6. The van der Waals surface area contributed by atoms with Gasteiger partial charge in [-0.2, -0.15) is 0 Å². The van der Waals surface area contributed by atoms with Gasteiger partial charge in [0.1, 0.15) is 0 Å². The molecule has 0 saturated carbocycles. The van der Waals surface area contributed by atoms with Crippen molar-refractivity contribution in [1.82, 2.24) is 0 Å². The largest absolute Gasteiger partial charge is 0.363 e. The van der Waals surface area contributed by atoms with Crippen molar-refractivity contribution in [2.45, 2.75) is 13.0 Å². The minimum Gasteiger partial charge on any atom is -0.363 e. The first kappa shape index (κ1) is 12.7. The van der Waals surface area contributed by atoms with E-state index in [1.165, 1.54) is 22.4 Å². The van der Waals surface area contributed by atoms with Gasteiger partial charge in [-0.15, -0.1) is 0 Å². The fourth-order valence-electron chi connectivity index (χ4n) is 2.70. The lowest BCUT2D eigenvalue weighted by molar-refractivity contribution is 0.855. The Bertz CT molecular complexity index is 625. The molecule has 0 radical (unpaired) electrons. The summed E-state index contributed by atoms with van der Waals surface area (Å²) in [6, 6.07) is 19.3. The quantitative estimate of drug-likeness (QED) is 0.793. The summed E-state index contributed by atoms with van der Waals surface area (Å²) in [5, 5.41) is 0. The number of para-hydroxylation sites is 1. The number of hydrogen-bond acceptors (Lipinski definition) is 1. The molecule has 1 heterocycles. The van der Waals surface area contributed by atoms with Crippen LogP contribution in [0.4, 0.5) is 5.69 Å². The molecule has 0 aromatic heterocycles. The number of allylic oxidation sites excluding steroid dienone is 1. The molecule has 3 rings (SSSR count). The average molecular weight is 261 g/mol. The van der Waals surface area contributed by atoms with E-state index in [1.54, 1.807) is 0 Å². The summed E-state index contributed by atoms with van der Waals surface area (Å²) < 4.78 is 0. The predicted molar refractivity (Wildman–Crippen MR) is 85.9 cm³/mol. The molecular formula is C19H19N. The Kier molecular flexibility index (Phi) is 3.69. The third kappa shape index (κ3) is 2.67. The Balaban J connectivity index is 1.95. The van der Waals surface area contributed by atoms with Gasteiger partial charge in [0.05, 0.1) is 0 Å². The van der Waals surface area contributed by atoms with Crippen LogP contribution in [-0.4, -0.2) is 6.54 Å². The Labute approximate surface area is 120 Å².